The highest BCUT2D eigenvalue weighted by Crippen LogP contribution is 2.21. The number of hydrogen-bond donors (Lipinski definition) is 2. The fraction of sp³-hybridized carbons (Fsp3) is 0.400. The molecule has 1 fully saturated rings. The summed E-state index contributed by atoms with van der Waals surface area (Å²) in [5.41, 5.74) is 6.19. The van der Waals surface area contributed by atoms with E-state index in [0.717, 1.165) is 31.7 Å². The van der Waals surface area contributed by atoms with Gasteiger partial charge in [-0.05, 0) is 30.9 Å². The molecule has 3 N–H and O–H groups in total. The van der Waals surface area contributed by atoms with Gasteiger partial charge in [0, 0.05) is 25.8 Å². The van der Waals surface area contributed by atoms with Crippen LogP contribution in [0.5, 0.6) is 0 Å². The van der Waals surface area contributed by atoms with E-state index >= 15 is 0 Å². The Balaban J connectivity index is 1.56. The molecule has 7 heteroatoms. The number of furan rings is 1. The quantitative estimate of drug-likeness (QED) is 0.883. The van der Waals surface area contributed by atoms with Crippen LogP contribution in [0.2, 0.25) is 0 Å². The van der Waals surface area contributed by atoms with E-state index in [4.69, 9.17) is 10.2 Å². The molecule has 1 atom stereocenters. The van der Waals surface area contributed by atoms with Gasteiger partial charge in [0.1, 0.15) is 12.1 Å². The first-order valence-electron chi connectivity index (χ1n) is 7.36. The van der Waals surface area contributed by atoms with Crippen molar-refractivity contribution < 1.29 is 9.21 Å². The van der Waals surface area contributed by atoms with Gasteiger partial charge in [0.15, 0.2) is 0 Å². The van der Waals surface area contributed by atoms with Crippen LogP contribution in [0.4, 0.5) is 11.8 Å². The standard InChI is InChI=1S/C15H19N5O2/c16-15-17-5-3-13(19-15)20-6-1-2-11(9-20)8-18-14(21)12-4-7-22-10-12/h3-5,7,10-11H,1-2,6,8-9H2,(H,18,21)(H2,16,17,19)/t11-/m1/s1. The first-order chi connectivity index (χ1) is 10.7. The molecule has 0 aliphatic carbocycles. The van der Waals surface area contributed by atoms with E-state index in [2.05, 4.69) is 20.2 Å². The zero-order chi connectivity index (χ0) is 15.4. The summed E-state index contributed by atoms with van der Waals surface area (Å²) in [5, 5.41) is 2.96. The molecule has 3 rings (SSSR count). The number of aromatic nitrogens is 2. The van der Waals surface area contributed by atoms with Crippen molar-refractivity contribution in [2.24, 2.45) is 5.92 Å². The second-order valence-corrected chi connectivity index (χ2v) is 5.45. The normalized spacial score (nSPS) is 18.2. The van der Waals surface area contributed by atoms with Crippen LogP contribution < -0.4 is 16.0 Å². The molecule has 116 valence electrons. The summed E-state index contributed by atoms with van der Waals surface area (Å²) >= 11 is 0. The van der Waals surface area contributed by atoms with E-state index < -0.39 is 0 Å². The molecular weight excluding hydrogens is 282 g/mol. The van der Waals surface area contributed by atoms with E-state index in [1.165, 1.54) is 12.5 Å². The Bertz CT molecular complexity index is 629. The average Bonchev–Trinajstić information content (AvgIpc) is 3.07. The van der Waals surface area contributed by atoms with Crippen molar-refractivity contribution in [2.45, 2.75) is 12.8 Å². The summed E-state index contributed by atoms with van der Waals surface area (Å²) in [7, 11) is 0. The SMILES string of the molecule is Nc1nccc(N2CCC[C@H](CNC(=O)c3ccoc3)C2)n1. The Hall–Kier alpha value is -2.57. The topological polar surface area (TPSA) is 97.3 Å². The molecule has 0 saturated carbocycles. The van der Waals surface area contributed by atoms with Crippen molar-refractivity contribution >= 4 is 17.7 Å². The predicted molar refractivity (Wildman–Crippen MR) is 82.4 cm³/mol. The molecule has 1 amide bonds. The summed E-state index contributed by atoms with van der Waals surface area (Å²) in [6.45, 7) is 2.44. The Morgan fingerprint density at radius 1 is 1.50 bits per heavy atom. The van der Waals surface area contributed by atoms with Crippen LogP contribution in [0, 0.1) is 5.92 Å². The number of nitrogens with zero attached hydrogens (tertiary/aromatic N) is 3. The number of nitrogens with two attached hydrogens (primary N) is 1. The highest BCUT2D eigenvalue weighted by molar-refractivity contribution is 5.93. The zero-order valence-corrected chi connectivity index (χ0v) is 12.2. The van der Waals surface area contributed by atoms with Crippen molar-refractivity contribution in [1.82, 2.24) is 15.3 Å². The highest BCUT2D eigenvalue weighted by atomic mass is 16.3. The molecule has 22 heavy (non-hydrogen) atoms. The third kappa shape index (κ3) is 3.36. The van der Waals surface area contributed by atoms with Gasteiger partial charge in [-0.3, -0.25) is 4.79 Å². The number of nitrogens with one attached hydrogen (secondary N) is 1. The van der Waals surface area contributed by atoms with Crippen LogP contribution in [-0.2, 0) is 0 Å². The Morgan fingerprint density at radius 3 is 3.18 bits per heavy atom. The van der Waals surface area contributed by atoms with Crippen molar-refractivity contribution in [3.05, 3.63) is 36.4 Å². The highest BCUT2D eigenvalue weighted by Gasteiger charge is 2.22. The number of anilines is 2. The zero-order valence-electron chi connectivity index (χ0n) is 12.2. The number of nitrogen functional groups attached to an aromatic ring is 1. The van der Waals surface area contributed by atoms with Gasteiger partial charge in [0.05, 0.1) is 11.8 Å². The lowest BCUT2D eigenvalue weighted by Crippen LogP contribution is -2.41. The maximum absolute atomic E-state index is 11.9. The first-order valence-corrected chi connectivity index (χ1v) is 7.36. The summed E-state index contributed by atoms with van der Waals surface area (Å²) in [6.07, 6.45) is 6.77. The van der Waals surface area contributed by atoms with E-state index in [1.807, 2.05) is 6.07 Å². The van der Waals surface area contributed by atoms with E-state index in [0.29, 0.717) is 18.0 Å². The summed E-state index contributed by atoms with van der Waals surface area (Å²) in [6, 6.07) is 3.52. The van der Waals surface area contributed by atoms with Crippen molar-refractivity contribution in [2.75, 3.05) is 30.3 Å². The molecule has 2 aromatic rings. The fourth-order valence-corrected chi connectivity index (χ4v) is 2.71. The van der Waals surface area contributed by atoms with E-state index in [-0.39, 0.29) is 11.9 Å². The fourth-order valence-electron chi connectivity index (χ4n) is 2.71. The Kier molecular flexibility index (Phi) is 4.22. The number of rotatable bonds is 4. The van der Waals surface area contributed by atoms with Gasteiger partial charge in [-0.1, -0.05) is 0 Å². The Morgan fingerprint density at radius 2 is 2.41 bits per heavy atom. The first kappa shape index (κ1) is 14.4. The largest absolute Gasteiger partial charge is 0.472 e. The molecule has 3 heterocycles. The van der Waals surface area contributed by atoms with Crippen molar-refractivity contribution in [3.63, 3.8) is 0 Å². The second kappa shape index (κ2) is 6.46. The second-order valence-electron chi connectivity index (χ2n) is 5.45. The minimum atomic E-state index is -0.0999. The predicted octanol–water partition coefficient (Wildman–Crippen LogP) is 1.30. The third-order valence-electron chi connectivity index (χ3n) is 3.84. The van der Waals surface area contributed by atoms with Crippen LogP contribution >= 0.6 is 0 Å². The minimum absolute atomic E-state index is 0.0999. The van der Waals surface area contributed by atoms with Gasteiger partial charge < -0.3 is 20.4 Å². The molecule has 2 aromatic heterocycles. The molecular formula is C15H19N5O2. The third-order valence-corrected chi connectivity index (χ3v) is 3.84. The van der Waals surface area contributed by atoms with Gasteiger partial charge in [0.25, 0.3) is 5.91 Å². The summed E-state index contributed by atoms with van der Waals surface area (Å²) in [4.78, 5) is 22.3. The number of carbonyl (C=O) groups is 1. The number of piperidine rings is 1. The van der Waals surface area contributed by atoms with Gasteiger partial charge in [-0.15, -0.1) is 0 Å². The molecule has 0 spiro atoms. The van der Waals surface area contributed by atoms with Crippen LogP contribution in [0.3, 0.4) is 0 Å². The molecule has 1 saturated heterocycles. The number of carbonyl (C=O) groups excluding carboxylic acids is 1. The molecule has 0 aromatic carbocycles. The van der Waals surface area contributed by atoms with Gasteiger partial charge in [-0.25, -0.2) is 4.98 Å². The molecule has 7 nitrogen and oxygen atoms in total. The van der Waals surface area contributed by atoms with E-state index in [9.17, 15) is 4.79 Å². The number of amides is 1. The smallest absolute Gasteiger partial charge is 0.254 e. The molecule has 1 aliphatic heterocycles. The minimum Gasteiger partial charge on any atom is -0.472 e. The monoisotopic (exact) mass is 301 g/mol. The van der Waals surface area contributed by atoms with Crippen molar-refractivity contribution in [1.29, 1.82) is 0 Å². The maximum atomic E-state index is 11.9. The Labute approximate surface area is 128 Å². The average molecular weight is 301 g/mol. The van der Waals surface area contributed by atoms with Gasteiger partial charge in [-0.2, -0.15) is 4.98 Å². The summed E-state index contributed by atoms with van der Waals surface area (Å²) < 4.78 is 4.92. The van der Waals surface area contributed by atoms with Crippen LogP contribution in [0.25, 0.3) is 0 Å². The van der Waals surface area contributed by atoms with Crippen LogP contribution in [0.15, 0.2) is 35.3 Å². The molecule has 0 bridgehead atoms. The molecule has 1 aliphatic rings. The molecule has 0 unspecified atom stereocenters. The summed E-state index contributed by atoms with van der Waals surface area (Å²) in [5.74, 6) is 1.42. The lowest BCUT2D eigenvalue weighted by atomic mass is 9.98. The maximum Gasteiger partial charge on any atom is 0.254 e. The lowest BCUT2D eigenvalue weighted by molar-refractivity contribution is 0.0945. The van der Waals surface area contributed by atoms with Crippen LogP contribution in [-0.4, -0.2) is 35.5 Å². The van der Waals surface area contributed by atoms with E-state index in [1.54, 1.807) is 12.3 Å². The van der Waals surface area contributed by atoms with Crippen LogP contribution in [0.1, 0.15) is 23.2 Å². The van der Waals surface area contributed by atoms with Gasteiger partial charge >= 0.3 is 0 Å². The molecule has 0 radical (unpaired) electrons. The lowest BCUT2D eigenvalue weighted by Gasteiger charge is -2.33. The van der Waals surface area contributed by atoms with Gasteiger partial charge in [0.2, 0.25) is 5.95 Å². The van der Waals surface area contributed by atoms with Crippen molar-refractivity contribution in [3.8, 4) is 0 Å². The number of hydrogen-bond acceptors (Lipinski definition) is 6.